The second-order valence-corrected chi connectivity index (χ2v) is 10.3. The first-order chi connectivity index (χ1) is 20.8. The summed E-state index contributed by atoms with van der Waals surface area (Å²) in [7, 11) is 0. The Morgan fingerprint density at radius 3 is 2.11 bits per heavy atom. The Morgan fingerprint density at radius 2 is 1.60 bits per heavy atom. The van der Waals surface area contributed by atoms with Crippen molar-refractivity contribution in [1.82, 2.24) is 9.97 Å². The van der Waals surface area contributed by atoms with Crippen molar-refractivity contribution in [2.24, 2.45) is 5.73 Å². The Balaban J connectivity index is 1.88. The molecule has 3 aromatic rings. The predicted octanol–water partition coefficient (Wildman–Crippen LogP) is 6.38. The van der Waals surface area contributed by atoms with Crippen molar-refractivity contribution < 1.29 is 59.3 Å². The fraction of sp³-hybridized carbons (Fsp3) is 0.393. The quantitative estimate of drug-likeness (QED) is 0.253. The van der Waals surface area contributed by atoms with Gasteiger partial charge in [-0.15, -0.1) is 0 Å². The molecule has 45 heavy (non-hydrogen) atoms. The van der Waals surface area contributed by atoms with E-state index in [9.17, 15) is 54.5 Å². The second-order valence-electron chi connectivity index (χ2n) is 10.3. The fourth-order valence-electron chi connectivity index (χ4n) is 5.23. The van der Waals surface area contributed by atoms with Crippen molar-refractivity contribution in [3.05, 3.63) is 81.9 Å². The lowest BCUT2D eigenvalue weighted by atomic mass is 9.78. The monoisotopic (exact) mass is 652 g/mol. The molecule has 244 valence electrons. The first kappa shape index (κ1) is 33.8. The van der Waals surface area contributed by atoms with E-state index in [0.717, 1.165) is 18.3 Å². The molecule has 0 saturated carbocycles. The van der Waals surface area contributed by atoms with Crippen molar-refractivity contribution >= 4 is 11.8 Å². The van der Waals surface area contributed by atoms with Crippen LogP contribution in [0.2, 0.25) is 0 Å². The third-order valence-electron chi connectivity index (χ3n) is 7.38. The number of carboxylic acid groups (broad SMARTS) is 1. The van der Waals surface area contributed by atoms with E-state index >= 15 is 0 Å². The summed E-state index contributed by atoms with van der Waals surface area (Å²) in [5.74, 6) is -1.70. The number of halogens is 9. The van der Waals surface area contributed by atoms with Crippen LogP contribution < -0.4 is 15.4 Å². The van der Waals surface area contributed by atoms with Gasteiger partial charge in [0.05, 0.1) is 46.8 Å². The van der Waals surface area contributed by atoms with Crippen LogP contribution in [0.15, 0.2) is 42.6 Å². The number of aliphatic hydroxyl groups excluding tert-OH is 1. The lowest BCUT2D eigenvalue weighted by Crippen LogP contribution is -2.64. The molecular weight excluding hydrogens is 627 g/mol. The minimum absolute atomic E-state index is 0.0444. The molecule has 0 saturated heterocycles. The zero-order chi connectivity index (χ0) is 33.5. The van der Waals surface area contributed by atoms with Crippen molar-refractivity contribution in [2.45, 2.75) is 56.3 Å². The summed E-state index contributed by atoms with van der Waals surface area (Å²) >= 11 is 0. The van der Waals surface area contributed by atoms with Gasteiger partial charge in [0.25, 0.3) is 0 Å². The maximum atomic E-state index is 13.5. The number of aliphatic hydroxyl groups is 1. The molecule has 1 aliphatic rings. The van der Waals surface area contributed by atoms with Gasteiger partial charge in [-0.2, -0.15) is 39.5 Å². The molecule has 0 bridgehead atoms. The highest BCUT2D eigenvalue weighted by Gasteiger charge is 2.50. The summed E-state index contributed by atoms with van der Waals surface area (Å²) in [6, 6.07) is 3.38. The SMILES string of the molecule is CCC1(N)C(c2ncc(OCCO)c(Cc3cc(C(F)(F)F)cc(C(F)(F)F)c3)n2)Cc2cc(C(F)(F)F)ccc2N1C(=O)O. The van der Waals surface area contributed by atoms with Crippen LogP contribution in [0.25, 0.3) is 0 Å². The van der Waals surface area contributed by atoms with Gasteiger partial charge >= 0.3 is 24.6 Å². The Bertz CT molecular complexity index is 1540. The maximum Gasteiger partial charge on any atom is 0.416 e. The molecular formula is C28H25F9N4O4. The number of alkyl halides is 9. The third kappa shape index (κ3) is 6.93. The fourth-order valence-corrected chi connectivity index (χ4v) is 5.23. The molecule has 2 aromatic carbocycles. The normalized spacial score (nSPS) is 18.9. The number of ether oxygens (including phenoxy) is 1. The highest BCUT2D eigenvalue weighted by Crippen LogP contribution is 2.46. The van der Waals surface area contributed by atoms with E-state index in [1.807, 2.05) is 0 Å². The number of hydrogen-bond donors (Lipinski definition) is 3. The van der Waals surface area contributed by atoms with E-state index in [1.54, 1.807) is 0 Å². The van der Waals surface area contributed by atoms with Gasteiger partial charge in [0, 0.05) is 6.42 Å². The highest BCUT2D eigenvalue weighted by atomic mass is 19.4. The van der Waals surface area contributed by atoms with Crippen LogP contribution in [0.3, 0.4) is 0 Å². The van der Waals surface area contributed by atoms with Gasteiger partial charge in [0.15, 0.2) is 5.75 Å². The number of nitrogens with zero attached hydrogens (tertiary/aromatic N) is 3. The van der Waals surface area contributed by atoms with E-state index < -0.39 is 71.5 Å². The summed E-state index contributed by atoms with van der Waals surface area (Å²) in [5.41, 5.74) is -0.341. The molecule has 1 amide bonds. The number of anilines is 1. The molecule has 0 spiro atoms. The molecule has 2 heterocycles. The number of fused-ring (bicyclic) bond motifs is 1. The Morgan fingerprint density at radius 1 is 1.00 bits per heavy atom. The minimum Gasteiger partial charge on any atom is -0.488 e. The van der Waals surface area contributed by atoms with E-state index in [-0.39, 0.29) is 54.0 Å². The largest absolute Gasteiger partial charge is 0.488 e. The molecule has 4 N–H and O–H groups in total. The number of benzene rings is 2. The molecule has 4 rings (SSSR count). The average Bonchev–Trinajstić information content (AvgIpc) is 2.94. The van der Waals surface area contributed by atoms with E-state index in [2.05, 4.69) is 9.97 Å². The number of carbonyl (C=O) groups is 1. The van der Waals surface area contributed by atoms with Gasteiger partial charge in [0.2, 0.25) is 0 Å². The lowest BCUT2D eigenvalue weighted by molar-refractivity contribution is -0.143. The van der Waals surface area contributed by atoms with Crippen molar-refractivity contribution in [1.29, 1.82) is 0 Å². The van der Waals surface area contributed by atoms with Crippen LogP contribution in [0, 0.1) is 0 Å². The molecule has 1 aromatic heterocycles. The molecule has 2 unspecified atom stereocenters. The van der Waals surface area contributed by atoms with E-state index in [1.165, 1.54) is 6.92 Å². The Kier molecular flexibility index (Phi) is 9.00. The first-order valence-corrected chi connectivity index (χ1v) is 13.2. The number of aromatic nitrogens is 2. The molecule has 17 heteroatoms. The Hall–Kier alpha value is -4.12. The van der Waals surface area contributed by atoms with Gasteiger partial charge in [-0.25, -0.2) is 14.8 Å². The molecule has 1 aliphatic heterocycles. The van der Waals surface area contributed by atoms with Gasteiger partial charge in [-0.3, -0.25) is 4.90 Å². The molecule has 0 radical (unpaired) electrons. The van der Waals surface area contributed by atoms with Crippen molar-refractivity contribution in [2.75, 3.05) is 18.1 Å². The van der Waals surface area contributed by atoms with E-state index in [4.69, 9.17) is 10.5 Å². The van der Waals surface area contributed by atoms with Gasteiger partial charge in [-0.05, 0) is 60.4 Å². The van der Waals surface area contributed by atoms with Crippen LogP contribution in [-0.2, 0) is 31.4 Å². The standard InChI is InChI=1S/C28H25F9N4O4/c1-2-25(38)19(11-15-10-16(26(29,30)31)3-4-21(15)41(25)24(43)44)23-39-13-22(45-6-5-42)20(40-23)9-14-7-17(27(32,33)34)12-18(8-14)28(35,36)37/h3-4,7-8,10,12-13,19,42H,2,5-6,9,11,38H2,1H3,(H,43,44). The number of nitrogens with two attached hydrogens (primary N) is 1. The molecule has 8 nitrogen and oxygen atoms in total. The molecule has 0 aliphatic carbocycles. The second kappa shape index (κ2) is 12.0. The first-order valence-electron chi connectivity index (χ1n) is 13.2. The van der Waals surface area contributed by atoms with Crippen LogP contribution >= 0.6 is 0 Å². The van der Waals surface area contributed by atoms with Gasteiger partial charge < -0.3 is 20.7 Å². The van der Waals surface area contributed by atoms with Gasteiger partial charge in [-0.1, -0.05) is 6.92 Å². The number of hydrogen-bond acceptors (Lipinski definition) is 6. The third-order valence-corrected chi connectivity index (χ3v) is 7.38. The van der Waals surface area contributed by atoms with E-state index in [0.29, 0.717) is 23.1 Å². The zero-order valence-electron chi connectivity index (χ0n) is 23.2. The Labute approximate surface area is 249 Å². The van der Waals surface area contributed by atoms with Gasteiger partial charge in [0.1, 0.15) is 18.1 Å². The molecule has 2 atom stereocenters. The van der Waals surface area contributed by atoms with Crippen LogP contribution in [0.4, 0.5) is 50.0 Å². The average molecular weight is 653 g/mol. The summed E-state index contributed by atoms with van der Waals surface area (Å²) in [5, 5.41) is 19.3. The predicted molar refractivity (Wildman–Crippen MR) is 139 cm³/mol. The molecule has 0 fully saturated rings. The van der Waals surface area contributed by atoms with Crippen LogP contribution in [-0.4, -0.2) is 45.2 Å². The van der Waals surface area contributed by atoms with Crippen LogP contribution in [0.5, 0.6) is 5.75 Å². The smallest absolute Gasteiger partial charge is 0.416 e. The zero-order valence-corrected chi connectivity index (χ0v) is 23.2. The summed E-state index contributed by atoms with van der Waals surface area (Å²) in [6.07, 6.45) is -16.7. The topological polar surface area (TPSA) is 122 Å². The van der Waals surface area contributed by atoms with Crippen molar-refractivity contribution in [3.8, 4) is 5.75 Å². The van der Waals surface area contributed by atoms with Crippen LogP contribution in [0.1, 0.15) is 58.6 Å². The maximum absolute atomic E-state index is 13.5. The summed E-state index contributed by atoms with van der Waals surface area (Å²) in [4.78, 5) is 21.6. The summed E-state index contributed by atoms with van der Waals surface area (Å²) in [6.45, 7) is 0.629. The number of rotatable bonds is 7. The lowest BCUT2D eigenvalue weighted by Gasteiger charge is -2.48. The summed E-state index contributed by atoms with van der Waals surface area (Å²) < 4.78 is 127. The minimum atomic E-state index is -5.13. The highest BCUT2D eigenvalue weighted by molar-refractivity contribution is 5.90. The number of amides is 1. The van der Waals surface area contributed by atoms with Crippen molar-refractivity contribution in [3.63, 3.8) is 0 Å².